The Morgan fingerprint density at radius 1 is 1.43 bits per heavy atom. The van der Waals surface area contributed by atoms with Crippen LogP contribution in [0.25, 0.3) is 0 Å². The number of carbonyl (C=O) groups is 2. The van der Waals surface area contributed by atoms with Gasteiger partial charge in [-0.05, 0) is 66.2 Å². The lowest BCUT2D eigenvalue weighted by molar-refractivity contribution is -0.122. The number of halogens is 1. The van der Waals surface area contributed by atoms with Gasteiger partial charge in [-0.2, -0.15) is 0 Å². The second kappa shape index (κ2) is 4.83. The fourth-order valence-electron chi connectivity index (χ4n) is 2.85. The molecule has 0 radical (unpaired) electrons. The van der Waals surface area contributed by atoms with Crippen LogP contribution < -0.4 is 4.90 Å². The van der Waals surface area contributed by atoms with Crippen LogP contribution in [-0.4, -0.2) is 25.5 Å². The Balaban J connectivity index is 2.11. The van der Waals surface area contributed by atoms with Crippen molar-refractivity contribution in [2.24, 2.45) is 5.92 Å². The molecule has 0 saturated heterocycles. The third kappa shape index (κ3) is 2.27. The fraction of sp³-hybridized carbons (Fsp3) is 0.500. The summed E-state index contributed by atoms with van der Waals surface area (Å²) in [5.74, 6) is 0.312. The van der Waals surface area contributed by atoms with E-state index < -0.39 is 11.4 Å². The lowest BCUT2D eigenvalue weighted by Gasteiger charge is -2.20. The Morgan fingerprint density at radius 3 is 2.67 bits per heavy atom. The summed E-state index contributed by atoms with van der Waals surface area (Å²) in [6.45, 7) is 4.62. The summed E-state index contributed by atoms with van der Waals surface area (Å²) >= 11 is 3.42. The van der Waals surface area contributed by atoms with Crippen molar-refractivity contribution in [3.63, 3.8) is 0 Å². The number of nitrogens with zero attached hydrogens (tertiary/aromatic N) is 1. The van der Waals surface area contributed by atoms with Crippen LogP contribution in [0.1, 0.15) is 42.6 Å². The highest BCUT2D eigenvalue weighted by atomic mass is 79.9. The first kappa shape index (κ1) is 14.6. The van der Waals surface area contributed by atoms with E-state index in [1.807, 2.05) is 24.8 Å². The number of methoxy groups -OCH3 is 1. The second-order valence-corrected chi connectivity index (χ2v) is 7.18. The minimum Gasteiger partial charge on any atom is -0.465 e. The summed E-state index contributed by atoms with van der Waals surface area (Å²) in [4.78, 5) is 26.4. The van der Waals surface area contributed by atoms with Crippen molar-refractivity contribution in [2.45, 2.75) is 32.1 Å². The average Bonchev–Trinajstić information content (AvgIpc) is 3.24. The molecule has 112 valence electrons. The SMILES string of the molecule is COC(=O)c1cc2c(cc1Br)C(C)(C)C(=O)N2CC1CC1. The molecule has 0 aromatic heterocycles. The molecular formula is C16H18BrNO3. The molecule has 1 aromatic carbocycles. The molecular weight excluding hydrogens is 334 g/mol. The van der Waals surface area contributed by atoms with Crippen molar-refractivity contribution in [3.05, 3.63) is 27.7 Å². The molecule has 2 aliphatic rings. The van der Waals surface area contributed by atoms with Gasteiger partial charge in [-0.1, -0.05) is 0 Å². The number of hydrogen-bond acceptors (Lipinski definition) is 3. The van der Waals surface area contributed by atoms with Gasteiger partial charge < -0.3 is 9.64 Å². The van der Waals surface area contributed by atoms with Crippen LogP contribution in [0.5, 0.6) is 0 Å². The van der Waals surface area contributed by atoms with E-state index in [0.29, 0.717) is 16.0 Å². The van der Waals surface area contributed by atoms with Crippen LogP contribution in [0.4, 0.5) is 5.69 Å². The Hall–Kier alpha value is -1.36. The van der Waals surface area contributed by atoms with Gasteiger partial charge in [0.05, 0.1) is 18.1 Å². The van der Waals surface area contributed by atoms with E-state index in [0.717, 1.165) is 17.8 Å². The minimum absolute atomic E-state index is 0.110. The first-order valence-electron chi connectivity index (χ1n) is 7.10. The molecule has 0 atom stereocenters. The van der Waals surface area contributed by atoms with Crippen molar-refractivity contribution in [1.82, 2.24) is 0 Å². The summed E-state index contributed by atoms with van der Waals surface area (Å²) in [5.41, 5.74) is 1.72. The molecule has 1 aromatic rings. The number of benzene rings is 1. The van der Waals surface area contributed by atoms with Gasteiger partial charge in [-0.3, -0.25) is 4.79 Å². The molecule has 5 heteroatoms. The summed E-state index contributed by atoms with van der Waals surface area (Å²) in [7, 11) is 1.36. The second-order valence-electron chi connectivity index (χ2n) is 6.32. The molecule has 0 spiro atoms. The summed E-state index contributed by atoms with van der Waals surface area (Å²) < 4.78 is 5.48. The standard InChI is InChI=1S/C16H18BrNO3/c1-16(2)11-7-12(17)10(14(19)21-3)6-13(11)18(15(16)20)8-9-4-5-9/h6-7,9H,4-5,8H2,1-3H3. The van der Waals surface area contributed by atoms with Crippen LogP contribution in [0, 0.1) is 5.92 Å². The molecule has 3 rings (SSSR count). The van der Waals surface area contributed by atoms with Crippen LogP contribution >= 0.6 is 15.9 Å². The zero-order chi connectivity index (χ0) is 15.4. The third-order valence-electron chi connectivity index (χ3n) is 4.37. The van der Waals surface area contributed by atoms with Gasteiger partial charge in [0.2, 0.25) is 5.91 Å². The maximum Gasteiger partial charge on any atom is 0.339 e. The normalized spacial score (nSPS) is 19.6. The van der Waals surface area contributed by atoms with Crippen molar-refractivity contribution < 1.29 is 14.3 Å². The van der Waals surface area contributed by atoms with E-state index in [9.17, 15) is 9.59 Å². The smallest absolute Gasteiger partial charge is 0.339 e. The zero-order valence-corrected chi connectivity index (χ0v) is 14.0. The molecule has 1 aliphatic carbocycles. The minimum atomic E-state index is -0.554. The molecule has 21 heavy (non-hydrogen) atoms. The number of hydrogen-bond donors (Lipinski definition) is 0. The van der Waals surface area contributed by atoms with Gasteiger partial charge in [0, 0.05) is 16.7 Å². The predicted octanol–water partition coefficient (Wildman–Crippen LogP) is 3.27. The van der Waals surface area contributed by atoms with Crippen LogP contribution in [0.2, 0.25) is 0 Å². The molecule has 1 aliphatic heterocycles. The number of fused-ring (bicyclic) bond motifs is 1. The molecule has 1 heterocycles. The van der Waals surface area contributed by atoms with Crippen LogP contribution in [0.3, 0.4) is 0 Å². The van der Waals surface area contributed by atoms with Crippen LogP contribution in [-0.2, 0) is 14.9 Å². The maximum absolute atomic E-state index is 12.7. The Morgan fingerprint density at radius 2 is 2.10 bits per heavy atom. The number of ether oxygens (including phenoxy) is 1. The van der Waals surface area contributed by atoms with Gasteiger partial charge in [0.15, 0.2) is 0 Å². The van der Waals surface area contributed by atoms with E-state index >= 15 is 0 Å². The quantitative estimate of drug-likeness (QED) is 0.785. The highest BCUT2D eigenvalue weighted by Gasteiger charge is 2.46. The first-order chi connectivity index (χ1) is 9.86. The molecule has 1 amide bonds. The van der Waals surface area contributed by atoms with Crippen molar-refractivity contribution in [2.75, 3.05) is 18.6 Å². The lowest BCUT2D eigenvalue weighted by Crippen LogP contribution is -2.37. The first-order valence-corrected chi connectivity index (χ1v) is 7.90. The highest BCUT2D eigenvalue weighted by molar-refractivity contribution is 9.10. The molecule has 0 unspecified atom stereocenters. The predicted molar refractivity (Wildman–Crippen MR) is 83.6 cm³/mol. The zero-order valence-electron chi connectivity index (χ0n) is 12.4. The molecule has 4 nitrogen and oxygen atoms in total. The number of esters is 1. The van der Waals surface area contributed by atoms with Gasteiger partial charge in [0.25, 0.3) is 0 Å². The Bertz CT molecular complexity index is 635. The largest absolute Gasteiger partial charge is 0.465 e. The monoisotopic (exact) mass is 351 g/mol. The van der Waals surface area contributed by atoms with E-state index in [2.05, 4.69) is 15.9 Å². The third-order valence-corrected chi connectivity index (χ3v) is 5.03. The van der Waals surface area contributed by atoms with Crippen molar-refractivity contribution in [3.8, 4) is 0 Å². The number of anilines is 1. The van der Waals surface area contributed by atoms with Gasteiger partial charge in [-0.25, -0.2) is 4.79 Å². The maximum atomic E-state index is 12.7. The topological polar surface area (TPSA) is 46.6 Å². The van der Waals surface area contributed by atoms with Gasteiger partial charge >= 0.3 is 5.97 Å². The lowest BCUT2D eigenvalue weighted by atomic mass is 9.86. The molecule has 1 fully saturated rings. The van der Waals surface area contributed by atoms with Gasteiger partial charge in [-0.15, -0.1) is 0 Å². The molecule has 0 bridgehead atoms. The number of rotatable bonds is 3. The number of carbonyl (C=O) groups excluding carboxylic acids is 2. The van der Waals surface area contributed by atoms with Crippen molar-refractivity contribution in [1.29, 1.82) is 0 Å². The average molecular weight is 352 g/mol. The summed E-state index contributed by atoms with van der Waals surface area (Å²) in [5, 5.41) is 0. The fourth-order valence-corrected chi connectivity index (χ4v) is 3.36. The van der Waals surface area contributed by atoms with Crippen molar-refractivity contribution >= 4 is 33.5 Å². The van der Waals surface area contributed by atoms with E-state index in [1.54, 1.807) is 6.07 Å². The summed E-state index contributed by atoms with van der Waals surface area (Å²) in [6, 6.07) is 3.66. The Kier molecular flexibility index (Phi) is 3.35. The van der Waals surface area contributed by atoms with E-state index in [1.165, 1.54) is 20.0 Å². The summed E-state index contributed by atoms with van der Waals surface area (Å²) in [6.07, 6.45) is 2.36. The van der Waals surface area contributed by atoms with Crippen LogP contribution in [0.15, 0.2) is 16.6 Å². The Labute approximate surface area is 132 Å². The number of amides is 1. The molecule has 1 saturated carbocycles. The highest BCUT2D eigenvalue weighted by Crippen LogP contribution is 2.45. The van der Waals surface area contributed by atoms with E-state index in [-0.39, 0.29) is 5.91 Å². The van der Waals surface area contributed by atoms with E-state index in [4.69, 9.17) is 4.74 Å². The molecule has 0 N–H and O–H groups in total. The van der Waals surface area contributed by atoms with Gasteiger partial charge in [0.1, 0.15) is 0 Å².